The van der Waals surface area contributed by atoms with Crippen LogP contribution in [0.25, 0.3) is 0 Å². The fourth-order valence-electron chi connectivity index (χ4n) is 3.95. The maximum Gasteiger partial charge on any atom is 0.326 e. The molecule has 1 fully saturated rings. The number of nitrogens with zero attached hydrogens (tertiary/aromatic N) is 3. The van der Waals surface area contributed by atoms with Crippen LogP contribution in [-0.2, 0) is 20.9 Å². The number of piperazine rings is 1. The Morgan fingerprint density at radius 2 is 1.69 bits per heavy atom. The van der Waals surface area contributed by atoms with Crippen molar-refractivity contribution in [3.05, 3.63) is 54.1 Å². The minimum atomic E-state index is -0.404. The van der Waals surface area contributed by atoms with Crippen LogP contribution in [0.3, 0.4) is 0 Å². The second-order valence-electron chi connectivity index (χ2n) is 7.86. The second-order valence-corrected chi connectivity index (χ2v) is 7.86. The number of hydrogen-bond donors (Lipinski definition) is 0. The van der Waals surface area contributed by atoms with E-state index in [1.54, 1.807) is 6.92 Å². The fourth-order valence-corrected chi connectivity index (χ4v) is 3.95. The van der Waals surface area contributed by atoms with Crippen LogP contribution < -0.4 is 14.4 Å². The van der Waals surface area contributed by atoms with Gasteiger partial charge in [-0.2, -0.15) is 0 Å². The summed E-state index contributed by atoms with van der Waals surface area (Å²) in [5, 5.41) is 0. The van der Waals surface area contributed by atoms with E-state index < -0.39 is 5.97 Å². The van der Waals surface area contributed by atoms with Crippen molar-refractivity contribution in [3.8, 4) is 11.5 Å². The fraction of sp³-hybridized carbons (Fsp3) is 0.417. The van der Waals surface area contributed by atoms with Gasteiger partial charge in [0, 0.05) is 38.4 Å². The number of ether oxygens (including phenoxy) is 3. The van der Waals surface area contributed by atoms with Crippen LogP contribution in [0.4, 0.5) is 5.69 Å². The molecule has 2 aromatic carbocycles. The Hall–Kier alpha value is -3.10. The molecule has 4 rings (SSSR count). The van der Waals surface area contributed by atoms with E-state index in [0.29, 0.717) is 12.3 Å². The lowest BCUT2D eigenvalue weighted by molar-refractivity contribution is -0.142. The van der Waals surface area contributed by atoms with Crippen molar-refractivity contribution in [3.63, 3.8) is 0 Å². The zero-order valence-electron chi connectivity index (χ0n) is 18.4. The van der Waals surface area contributed by atoms with Crippen LogP contribution in [0.15, 0.2) is 48.5 Å². The normalized spacial score (nSPS) is 16.0. The van der Waals surface area contributed by atoms with Gasteiger partial charge in [0.05, 0.1) is 13.2 Å². The molecule has 1 saturated heterocycles. The zero-order valence-corrected chi connectivity index (χ0v) is 18.4. The highest BCUT2D eigenvalue weighted by Gasteiger charge is 2.25. The molecule has 1 amide bonds. The predicted octanol–water partition coefficient (Wildman–Crippen LogP) is 2.13. The highest BCUT2D eigenvalue weighted by atomic mass is 16.7. The molecule has 0 radical (unpaired) electrons. The van der Waals surface area contributed by atoms with Crippen molar-refractivity contribution < 1.29 is 23.8 Å². The molecule has 32 heavy (non-hydrogen) atoms. The van der Waals surface area contributed by atoms with E-state index in [4.69, 9.17) is 14.2 Å². The summed E-state index contributed by atoms with van der Waals surface area (Å²) >= 11 is 0. The quantitative estimate of drug-likeness (QED) is 0.584. The van der Waals surface area contributed by atoms with Gasteiger partial charge < -0.3 is 19.1 Å². The van der Waals surface area contributed by atoms with Gasteiger partial charge in [0.25, 0.3) is 0 Å². The minimum Gasteiger partial charge on any atom is -0.465 e. The van der Waals surface area contributed by atoms with Crippen LogP contribution in [0.2, 0.25) is 0 Å². The number of esters is 1. The average molecular weight is 440 g/mol. The number of hydrogen-bond acceptors (Lipinski definition) is 7. The van der Waals surface area contributed by atoms with Crippen molar-refractivity contribution in [1.82, 2.24) is 9.80 Å². The number of anilines is 1. The highest BCUT2D eigenvalue weighted by molar-refractivity contribution is 5.98. The number of rotatable bonds is 8. The molecular formula is C24H29N3O5. The van der Waals surface area contributed by atoms with Gasteiger partial charge in [-0.1, -0.05) is 24.3 Å². The number of amides is 1. The monoisotopic (exact) mass is 439 g/mol. The van der Waals surface area contributed by atoms with Gasteiger partial charge in [-0.05, 0) is 36.8 Å². The number of carbonyl (C=O) groups excluding carboxylic acids is 2. The molecule has 0 saturated carbocycles. The van der Waals surface area contributed by atoms with Crippen molar-refractivity contribution in [2.75, 3.05) is 57.6 Å². The maximum absolute atomic E-state index is 13.1. The van der Waals surface area contributed by atoms with Crippen molar-refractivity contribution >= 4 is 17.6 Å². The Labute approximate surface area is 188 Å². The molecule has 0 aliphatic carbocycles. The van der Waals surface area contributed by atoms with Gasteiger partial charge in [0.15, 0.2) is 11.5 Å². The molecule has 2 aliphatic rings. The van der Waals surface area contributed by atoms with Crippen molar-refractivity contribution in [2.24, 2.45) is 0 Å². The molecule has 0 unspecified atom stereocenters. The summed E-state index contributed by atoms with van der Waals surface area (Å²) in [5.41, 5.74) is 1.88. The molecule has 8 heteroatoms. The number of benzene rings is 2. The minimum absolute atomic E-state index is 0.0826. The Balaban J connectivity index is 1.30. The van der Waals surface area contributed by atoms with Crippen molar-refractivity contribution in [1.29, 1.82) is 0 Å². The summed E-state index contributed by atoms with van der Waals surface area (Å²) in [6, 6.07) is 15.3. The number of para-hydroxylation sites is 1. The molecule has 2 aromatic rings. The molecule has 0 bridgehead atoms. The Morgan fingerprint density at radius 1 is 0.969 bits per heavy atom. The SMILES string of the molecule is CCOC(=O)CN(C(=O)CN1CCN(Cc2ccc3c(c2)OCO3)CC1)c1ccccc1. The van der Waals surface area contributed by atoms with Crippen LogP contribution >= 0.6 is 0 Å². The van der Waals surface area contributed by atoms with Gasteiger partial charge in [-0.25, -0.2) is 0 Å². The predicted molar refractivity (Wildman–Crippen MR) is 120 cm³/mol. The number of fused-ring (bicyclic) bond motifs is 1. The third-order valence-corrected chi connectivity index (χ3v) is 5.63. The first-order chi connectivity index (χ1) is 15.6. The third-order valence-electron chi connectivity index (χ3n) is 5.63. The number of carbonyl (C=O) groups is 2. The molecular weight excluding hydrogens is 410 g/mol. The lowest BCUT2D eigenvalue weighted by Crippen LogP contribution is -2.50. The van der Waals surface area contributed by atoms with Crippen LogP contribution in [0.1, 0.15) is 12.5 Å². The van der Waals surface area contributed by atoms with Gasteiger partial charge in [0.2, 0.25) is 12.7 Å². The molecule has 0 atom stereocenters. The Bertz CT molecular complexity index is 928. The van der Waals surface area contributed by atoms with Crippen molar-refractivity contribution in [2.45, 2.75) is 13.5 Å². The summed E-state index contributed by atoms with van der Waals surface area (Å²) in [6.07, 6.45) is 0. The summed E-state index contributed by atoms with van der Waals surface area (Å²) in [7, 11) is 0. The first-order valence-corrected chi connectivity index (χ1v) is 11.0. The topological polar surface area (TPSA) is 71.6 Å². The smallest absolute Gasteiger partial charge is 0.326 e. The lowest BCUT2D eigenvalue weighted by Gasteiger charge is -2.35. The largest absolute Gasteiger partial charge is 0.465 e. The summed E-state index contributed by atoms with van der Waals surface area (Å²) < 4.78 is 15.9. The first-order valence-electron chi connectivity index (χ1n) is 11.0. The van der Waals surface area contributed by atoms with Gasteiger partial charge in [-0.15, -0.1) is 0 Å². The van der Waals surface area contributed by atoms with Gasteiger partial charge >= 0.3 is 5.97 Å². The molecule has 170 valence electrons. The second kappa shape index (κ2) is 10.5. The third kappa shape index (κ3) is 5.57. The van der Waals surface area contributed by atoms with E-state index in [-0.39, 0.29) is 25.8 Å². The Morgan fingerprint density at radius 3 is 2.44 bits per heavy atom. The van der Waals surface area contributed by atoms with Gasteiger partial charge in [-0.3, -0.25) is 19.4 Å². The molecule has 0 aromatic heterocycles. The Kier molecular flexibility index (Phi) is 7.24. The molecule has 0 spiro atoms. The highest BCUT2D eigenvalue weighted by Crippen LogP contribution is 2.32. The molecule has 2 heterocycles. The van der Waals surface area contributed by atoms with Gasteiger partial charge in [0.1, 0.15) is 6.54 Å². The molecule has 8 nitrogen and oxygen atoms in total. The van der Waals surface area contributed by atoms with E-state index in [9.17, 15) is 9.59 Å². The molecule has 0 N–H and O–H groups in total. The van der Waals surface area contributed by atoms with E-state index in [1.165, 1.54) is 10.5 Å². The average Bonchev–Trinajstić information content (AvgIpc) is 3.27. The van der Waals surface area contributed by atoms with E-state index in [2.05, 4.69) is 15.9 Å². The summed E-state index contributed by atoms with van der Waals surface area (Å²) in [4.78, 5) is 31.1. The lowest BCUT2D eigenvalue weighted by atomic mass is 10.1. The maximum atomic E-state index is 13.1. The van der Waals surface area contributed by atoms with Crippen LogP contribution in [-0.4, -0.2) is 74.3 Å². The zero-order chi connectivity index (χ0) is 22.3. The standard InChI is InChI=1S/C24H29N3O5/c1-2-30-24(29)17-27(20-6-4-3-5-7-20)23(28)16-26-12-10-25(11-13-26)15-19-8-9-21-22(14-19)32-18-31-21/h3-9,14H,2,10-13,15-18H2,1H3. The first kappa shape index (κ1) is 22.1. The summed E-state index contributed by atoms with van der Waals surface area (Å²) in [6.45, 7) is 6.66. The summed E-state index contributed by atoms with van der Waals surface area (Å²) in [5.74, 6) is 1.09. The van der Waals surface area contributed by atoms with Crippen LogP contribution in [0.5, 0.6) is 11.5 Å². The van der Waals surface area contributed by atoms with E-state index >= 15 is 0 Å². The van der Waals surface area contributed by atoms with E-state index in [0.717, 1.165) is 44.2 Å². The van der Waals surface area contributed by atoms with E-state index in [1.807, 2.05) is 42.5 Å². The molecule has 2 aliphatic heterocycles. The van der Waals surface area contributed by atoms with Crippen LogP contribution in [0, 0.1) is 0 Å².